The average Bonchev–Trinajstić information content (AvgIpc) is 2.74. The van der Waals surface area contributed by atoms with E-state index in [-0.39, 0.29) is 60.2 Å². The Morgan fingerprint density at radius 1 is 1.58 bits per heavy atom. The Labute approximate surface area is 131 Å². The van der Waals surface area contributed by atoms with E-state index in [4.69, 9.17) is 10.8 Å². The Morgan fingerprint density at radius 2 is 2.32 bits per heavy atom. The molecule has 0 aliphatic heterocycles. The standard InChI is InChI=1S/C10H14N5O3.Na/c11-10-13-8-7(9(18)14-10)12-5-15(8)2-1-6(3-16)4-17;/h5-6,16H,1-4H2,(H3,11,13,14,18);/q-1;+1/t6-;/m1./s1. The number of aromatic nitrogens is 4. The number of nitrogens with two attached hydrogens (primary N) is 1. The smallest absolute Gasteiger partial charge is 0.854 e. The van der Waals surface area contributed by atoms with Crippen LogP contribution in [0.5, 0.6) is 0 Å². The number of rotatable bonds is 5. The number of nitrogens with zero attached hydrogens (tertiary/aromatic N) is 3. The maximum atomic E-state index is 11.5. The zero-order chi connectivity index (χ0) is 13.1. The Kier molecular flexibility index (Phi) is 5.95. The monoisotopic (exact) mass is 275 g/mol. The fourth-order valence-electron chi connectivity index (χ4n) is 1.68. The van der Waals surface area contributed by atoms with Crippen molar-refractivity contribution in [3.8, 4) is 0 Å². The molecule has 8 nitrogen and oxygen atoms in total. The molecule has 0 amide bonds. The molecule has 0 bridgehead atoms. The number of aromatic amines is 1. The third-order valence-corrected chi connectivity index (χ3v) is 2.77. The summed E-state index contributed by atoms with van der Waals surface area (Å²) in [6.45, 7) is -0.0224. The van der Waals surface area contributed by atoms with Crippen molar-refractivity contribution in [3.63, 3.8) is 0 Å². The predicted molar refractivity (Wildman–Crippen MR) is 62.6 cm³/mol. The molecule has 0 radical (unpaired) electrons. The minimum atomic E-state index is -0.390. The third-order valence-electron chi connectivity index (χ3n) is 2.77. The van der Waals surface area contributed by atoms with Crippen molar-refractivity contribution >= 4 is 17.1 Å². The number of hydrogen-bond donors (Lipinski definition) is 3. The van der Waals surface area contributed by atoms with E-state index in [2.05, 4.69) is 15.0 Å². The molecule has 0 aliphatic rings. The normalized spacial score (nSPS) is 12.3. The maximum absolute atomic E-state index is 11.5. The van der Waals surface area contributed by atoms with Crippen LogP contribution in [0.4, 0.5) is 5.95 Å². The van der Waals surface area contributed by atoms with E-state index in [1.54, 1.807) is 4.57 Å². The fraction of sp³-hybridized carbons (Fsp3) is 0.500. The van der Waals surface area contributed by atoms with Gasteiger partial charge in [-0.1, -0.05) is 0 Å². The Morgan fingerprint density at radius 3 is 2.95 bits per heavy atom. The van der Waals surface area contributed by atoms with Crippen LogP contribution in [0.1, 0.15) is 6.42 Å². The molecule has 2 aromatic rings. The number of fused-ring (bicyclic) bond motifs is 1. The van der Waals surface area contributed by atoms with Gasteiger partial charge in [0.15, 0.2) is 11.2 Å². The molecule has 2 aromatic heterocycles. The summed E-state index contributed by atoms with van der Waals surface area (Å²) in [6.07, 6.45) is 1.98. The molecule has 0 saturated carbocycles. The van der Waals surface area contributed by atoms with Crippen molar-refractivity contribution in [1.29, 1.82) is 0 Å². The topological polar surface area (TPSA) is 133 Å². The SMILES string of the molecule is Nc1nc2c(ncn2CC[C@@H](C[O-])CO)c(=O)[nH]1.[Na+]. The number of imidazole rings is 1. The van der Waals surface area contributed by atoms with Gasteiger partial charge in [0.1, 0.15) is 0 Å². The van der Waals surface area contributed by atoms with Crippen LogP contribution in [0.15, 0.2) is 11.1 Å². The van der Waals surface area contributed by atoms with Crippen LogP contribution >= 0.6 is 0 Å². The molecule has 1 atom stereocenters. The molecular weight excluding hydrogens is 261 g/mol. The molecule has 2 rings (SSSR count). The van der Waals surface area contributed by atoms with E-state index >= 15 is 0 Å². The first-order valence-corrected chi connectivity index (χ1v) is 5.55. The van der Waals surface area contributed by atoms with Crippen molar-refractivity contribution in [3.05, 3.63) is 16.7 Å². The van der Waals surface area contributed by atoms with E-state index in [1.807, 2.05) is 0 Å². The first kappa shape index (κ1) is 16.1. The van der Waals surface area contributed by atoms with Crippen LogP contribution in [-0.2, 0) is 6.54 Å². The van der Waals surface area contributed by atoms with Gasteiger partial charge >= 0.3 is 29.6 Å². The number of nitrogens with one attached hydrogen (secondary N) is 1. The molecular formula is C10H14N5NaO3. The quantitative estimate of drug-likeness (QED) is 0.468. The number of aliphatic hydroxyl groups excluding tert-OH is 1. The average molecular weight is 275 g/mol. The van der Waals surface area contributed by atoms with Crippen LogP contribution in [0, 0.1) is 5.92 Å². The first-order valence-electron chi connectivity index (χ1n) is 5.55. The molecule has 0 unspecified atom stereocenters. The van der Waals surface area contributed by atoms with Gasteiger partial charge in [0.25, 0.3) is 5.56 Å². The summed E-state index contributed by atoms with van der Waals surface area (Å²) < 4.78 is 1.65. The summed E-state index contributed by atoms with van der Waals surface area (Å²) in [4.78, 5) is 21.8. The van der Waals surface area contributed by atoms with Gasteiger partial charge in [-0.25, -0.2) is 4.98 Å². The van der Waals surface area contributed by atoms with Crippen molar-refractivity contribution in [2.24, 2.45) is 5.92 Å². The predicted octanol–water partition coefficient (Wildman–Crippen LogP) is -4.94. The first-order chi connectivity index (χ1) is 8.65. The van der Waals surface area contributed by atoms with Gasteiger partial charge in [0, 0.05) is 13.2 Å². The number of aryl methyl sites for hydroxylation is 1. The van der Waals surface area contributed by atoms with Gasteiger partial charge in [0.05, 0.1) is 6.33 Å². The molecule has 0 fully saturated rings. The van der Waals surface area contributed by atoms with Gasteiger partial charge in [-0.15, -0.1) is 6.61 Å². The molecule has 9 heteroatoms. The summed E-state index contributed by atoms with van der Waals surface area (Å²) in [6, 6.07) is 0. The molecule has 4 N–H and O–H groups in total. The van der Waals surface area contributed by atoms with E-state index in [0.29, 0.717) is 18.6 Å². The van der Waals surface area contributed by atoms with Crippen molar-refractivity contribution in [1.82, 2.24) is 19.5 Å². The second-order valence-electron chi connectivity index (χ2n) is 4.07. The molecule has 0 spiro atoms. The molecule has 2 heterocycles. The van der Waals surface area contributed by atoms with E-state index in [9.17, 15) is 9.90 Å². The number of nitrogen functional groups attached to an aromatic ring is 1. The van der Waals surface area contributed by atoms with Crippen LogP contribution < -0.4 is 46.0 Å². The van der Waals surface area contributed by atoms with E-state index in [1.165, 1.54) is 6.33 Å². The molecule has 19 heavy (non-hydrogen) atoms. The Bertz CT molecular complexity index is 592. The summed E-state index contributed by atoms with van der Waals surface area (Å²) in [5, 5.41) is 19.7. The zero-order valence-electron chi connectivity index (χ0n) is 10.7. The van der Waals surface area contributed by atoms with Crippen molar-refractivity contribution in [2.45, 2.75) is 13.0 Å². The van der Waals surface area contributed by atoms with Gasteiger partial charge in [0.2, 0.25) is 5.95 Å². The Hall–Kier alpha value is -0.930. The fourth-order valence-corrected chi connectivity index (χ4v) is 1.68. The summed E-state index contributed by atoms with van der Waals surface area (Å²) >= 11 is 0. The van der Waals surface area contributed by atoms with E-state index < -0.39 is 5.56 Å². The van der Waals surface area contributed by atoms with Gasteiger partial charge in [-0.2, -0.15) is 4.98 Å². The molecule has 0 saturated heterocycles. The minimum absolute atomic E-state index is 0. The number of aliphatic hydroxyl groups is 1. The molecule has 98 valence electrons. The van der Waals surface area contributed by atoms with Crippen molar-refractivity contribution < 1.29 is 39.8 Å². The summed E-state index contributed by atoms with van der Waals surface area (Å²) in [7, 11) is 0. The summed E-state index contributed by atoms with van der Waals surface area (Å²) in [5.74, 6) is -0.279. The van der Waals surface area contributed by atoms with E-state index in [0.717, 1.165) is 0 Å². The number of anilines is 1. The minimum Gasteiger partial charge on any atom is -0.854 e. The molecule has 0 aliphatic carbocycles. The van der Waals surface area contributed by atoms with Crippen LogP contribution in [0.25, 0.3) is 11.2 Å². The van der Waals surface area contributed by atoms with Crippen LogP contribution in [-0.4, -0.2) is 37.8 Å². The second kappa shape index (κ2) is 7.01. The number of hydrogen-bond acceptors (Lipinski definition) is 6. The van der Waals surface area contributed by atoms with Crippen LogP contribution in [0.2, 0.25) is 0 Å². The summed E-state index contributed by atoms with van der Waals surface area (Å²) in [5.41, 5.74) is 5.68. The van der Waals surface area contributed by atoms with Gasteiger partial charge in [-0.3, -0.25) is 9.78 Å². The Balaban J connectivity index is 0.00000180. The van der Waals surface area contributed by atoms with Crippen molar-refractivity contribution in [2.75, 3.05) is 18.9 Å². The zero-order valence-corrected chi connectivity index (χ0v) is 12.7. The second-order valence-corrected chi connectivity index (χ2v) is 4.07. The number of H-pyrrole nitrogens is 1. The van der Waals surface area contributed by atoms with Gasteiger partial charge < -0.3 is 20.5 Å². The van der Waals surface area contributed by atoms with Crippen LogP contribution in [0.3, 0.4) is 0 Å². The molecule has 0 aromatic carbocycles. The van der Waals surface area contributed by atoms with Gasteiger partial charge in [-0.05, 0) is 12.3 Å². The maximum Gasteiger partial charge on any atom is 1.00 e. The third kappa shape index (κ3) is 3.54. The largest absolute Gasteiger partial charge is 1.00 e.